The van der Waals surface area contributed by atoms with Crippen molar-refractivity contribution >= 4 is 11.8 Å². The van der Waals surface area contributed by atoms with Crippen molar-refractivity contribution in [2.45, 2.75) is 6.92 Å². The second-order valence-electron chi connectivity index (χ2n) is 4.15. The van der Waals surface area contributed by atoms with Crippen LogP contribution in [0.5, 0.6) is 11.5 Å². The van der Waals surface area contributed by atoms with Crippen LogP contribution in [0, 0.1) is 6.92 Å². The molecule has 0 aliphatic carbocycles. The number of amides is 1. The third-order valence-corrected chi connectivity index (χ3v) is 2.67. The van der Waals surface area contributed by atoms with Gasteiger partial charge in [0.2, 0.25) is 5.88 Å². The Hall–Kier alpha value is -2.50. The van der Waals surface area contributed by atoms with E-state index < -0.39 is 0 Å². The number of nitrogens with one attached hydrogen (secondary N) is 1. The SMILES string of the molecule is Cc1cc(NC(=O)c2ccc3c(c2)OCCO3)on1. The molecule has 6 heteroatoms. The summed E-state index contributed by atoms with van der Waals surface area (Å²) in [4.78, 5) is 12.0. The molecule has 6 nitrogen and oxygen atoms in total. The highest BCUT2D eigenvalue weighted by Gasteiger charge is 2.15. The van der Waals surface area contributed by atoms with Crippen molar-refractivity contribution in [3.05, 3.63) is 35.5 Å². The van der Waals surface area contributed by atoms with E-state index in [1.54, 1.807) is 31.2 Å². The summed E-state index contributed by atoms with van der Waals surface area (Å²) < 4.78 is 15.8. The molecule has 1 amide bonds. The molecule has 98 valence electrons. The maximum atomic E-state index is 12.0. The fraction of sp³-hybridized carbons (Fsp3) is 0.231. The van der Waals surface area contributed by atoms with Crippen LogP contribution in [0.2, 0.25) is 0 Å². The Kier molecular flexibility index (Phi) is 2.83. The van der Waals surface area contributed by atoms with Gasteiger partial charge in [0.05, 0.1) is 5.69 Å². The molecular weight excluding hydrogens is 248 g/mol. The van der Waals surface area contributed by atoms with Gasteiger partial charge in [0.25, 0.3) is 5.91 Å². The summed E-state index contributed by atoms with van der Waals surface area (Å²) in [5.74, 6) is 1.26. The Balaban J connectivity index is 1.80. The summed E-state index contributed by atoms with van der Waals surface area (Å²) in [6.45, 7) is 2.79. The van der Waals surface area contributed by atoms with E-state index >= 15 is 0 Å². The number of ether oxygens (including phenoxy) is 2. The monoisotopic (exact) mass is 260 g/mol. The van der Waals surface area contributed by atoms with Gasteiger partial charge in [-0.2, -0.15) is 0 Å². The molecule has 0 fully saturated rings. The van der Waals surface area contributed by atoms with E-state index in [2.05, 4.69) is 10.5 Å². The zero-order valence-corrected chi connectivity index (χ0v) is 10.3. The lowest BCUT2D eigenvalue weighted by molar-refractivity contribution is 0.102. The highest BCUT2D eigenvalue weighted by atomic mass is 16.6. The number of fused-ring (bicyclic) bond motifs is 1. The van der Waals surface area contributed by atoms with Gasteiger partial charge < -0.3 is 14.0 Å². The molecule has 3 rings (SSSR count). The zero-order chi connectivity index (χ0) is 13.2. The van der Waals surface area contributed by atoms with Crippen LogP contribution in [-0.2, 0) is 0 Å². The van der Waals surface area contributed by atoms with E-state index in [1.165, 1.54) is 0 Å². The van der Waals surface area contributed by atoms with Crippen molar-refractivity contribution in [3.8, 4) is 11.5 Å². The first-order valence-corrected chi connectivity index (χ1v) is 5.87. The lowest BCUT2D eigenvalue weighted by atomic mass is 10.2. The number of aromatic nitrogens is 1. The first-order chi connectivity index (χ1) is 9.22. The Morgan fingerprint density at radius 1 is 1.21 bits per heavy atom. The Bertz CT molecular complexity index is 621. The second-order valence-corrected chi connectivity index (χ2v) is 4.15. The van der Waals surface area contributed by atoms with Crippen LogP contribution in [0.25, 0.3) is 0 Å². The number of benzene rings is 1. The lowest BCUT2D eigenvalue weighted by Crippen LogP contribution is -2.17. The molecule has 1 N–H and O–H groups in total. The van der Waals surface area contributed by atoms with E-state index in [4.69, 9.17) is 14.0 Å². The molecule has 0 spiro atoms. The van der Waals surface area contributed by atoms with Crippen LogP contribution in [0.4, 0.5) is 5.88 Å². The van der Waals surface area contributed by atoms with Crippen molar-refractivity contribution in [2.75, 3.05) is 18.5 Å². The molecule has 2 aromatic rings. The van der Waals surface area contributed by atoms with Gasteiger partial charge in [-0.25, -0.2) is 0 Å². The topological polar surface area (TPSA) is 73.6 Å². The van der Waals surface area contributed by atoms with Gasteiger partial charge in [-0.1, -0.05) is 5.16 Å². The summed E-state index contributed by atoms with van der Waals surface area (Å²) in [5.41, 5.74) is 1.18. The first kappa shape index (κ1) is 11.6. The van der Waals surface area contributed by atoms with Gasteiger partial charge in [-0.3, -0.25) is 10.1 Å². The number of anilines is 1. The van der Waals surface area contributed by atoms with Crippen molar-refractivity contribution in [3.63, 3.8) is 0 Å². The fourth-order valence-corrected chi connectivity index (χ4v) is 1.79. The van der Waals surface area contributed by atoms with Crippen molar-refractivity contribution in [1.29, 1.82) is 0 Å². The molecular formula is C13H12N2O4. The summed E-state index contributed by atoms with van der Waals surface area (Å²) in [6.07, 6.45) is 0. The number of carbonyl (C=O) groups is 1. The van der Waals surface area contributed by atoms with Crippen LogP contribution in [0.3, 0.4) is 0 Å². The fourth-order valence-electron chi connectivity index (χ4n) is 1.79. The zero-order valence-electron chi connectivity index (χ0n) is 10.3. The van der Waals surface area contributed by atoms with Gasteiger partial charge >= 0.3 is 0 Å². The Morgan fingerprint density at radius 2 is 2.00 bits per heavy atom. The van der Waals surface area contributed by atoms with Crippen molar-refractivity contribution in [1.82, 2.24) is 5.16 Å². The van der Waals surface area contributed by atoms with E-state index in [9.17, 15) is 4.79 Å². The number of hydrogen-bond acceptors (Lipinski definition) is 5. The molecule has 0 bridgehead atoms. The standard InChI is InChI=1S/C13H12N2O4/c1-8-6-12(19-15-8)14-13(16)9-2-3-10-11(7-9)18-5-4-17-10/h2-3,6-7H,4-5H2,1H3,(H,14,16). The second kappa shape index (κ2) is 4.64. The van der Waals surface area contributed by atoms with Crippen LogP contribution < -0.4 is 14.8 Å². The minimum atomic E-state index is -0.284. The predicted molar refractivity (Wildman–Crippen MR) is 66.6 cm³/mol. The molecule has 0 radical (unpaired) electrons. The molecule has 1 aliphatic heterocycles. The van der Waals surface area contributed by atoms with Gasteiger partial charge in [0.15, 0.2) is 11.5 Å². The largest absolute Gasteiger partial charge is 0.486 e. The van der Waals surface area contributed by atoms with E-state index in [0.717, 1.165) is 0 Å². The van der Waals surface area contributed by atoms with Crippen LogP contribution >= 0.6 is 0 Å². The molecule has 2 heterocycles. The Labute approximate surface area is 109 Å². The quantitative estimate of drug-likeness (QED) is 0.894. The molecule has 1 aliphatic rings. The van der Waals surface area contributed by atoms with Gasteiger partial charge in [-0.05, 0) is 25.1 Å². The van der Waals surface area contributed by atoms with E-state index in [-0.39, 0.29) is 5.91 Å². The normalized spacial score (nSPS) is 13.1. The molecule has 0 saturated carbocycles. The number of nitrogens with zero attached hydrogens (tertiary/aromatic N) is 1. The van der Waals surface area contributed by atoms with Crippen LogP contribution in [0.15, 0.2) is 28.8 Å². The van der Waals surface area contributed by atoms with E-state index in [1.807, 2.05) is 0 Å². The highest BCUT2D eigenvalue weighted by Crippen LogP contribution is 2.30. The van der Waals surface area contributed by atoms with Crippen LogP contribution in [0.1, 0.15) is 16.1 Å². The highest BCUT2D eigenvalue weighted by molar-refractivity contribution is 6.03. The number of hydrogen-bond donors (Lipinski definition) is 1. The van der Waals surface area contributed by atoms with Gasteiger partial charge in [-0.15, -0.1) is 0 Å². The van der Waals surface area contributed by atoms with E-state index in [0.29, 0.717) is 41.9 Å². The molecule has 0 saturated heterocycles. The summed E-state index contributed by atoms with van der Waals surface area (Å²) in [7, 11) is 0. The summed E-state index contributed by atoms with van der Waals surface area (Å²) in [6, 6.07) is 6.68. The lowest BCUT2D eigenvalue weighted by Gasteiger charge is -2.18. The smallest absolute Gasteiger partial charge is 0.258 e. The number of aryl methyl sites for hydroxylation is 1. The molecule has 19 heavy (non-hydrogen) atoms. The maximum Gasteiger partial charge on any atom is 0.258 e. The van der Waals surface area contributed by atoms with Crippen LogP contribution in [-0.4, -0.2) is 24.3 Å². The minimum absolute atomic E-state index is 0.284. The predicted octanol–water partition coefficient (Wildman–Crippen LogP) is 2.01. The minimum Gasteiger partial charge on any atom is -0.486 e. The molecule has 1 aromatic heterocycles. The van der Waals surface area contributed by atoms with Gasteiger partial charge in [0, 0.05) is 11.6 Å². The third-order valence-electron chi connectivity index (χ3n) is 2.67. The van der Waals surface area contributed by atoms with Crippen molar-refractivity contribution in [2.24, 2.45) is 0 Å². The summed E-state index contributed by atoms with van der Waals surface area (Å²) in [5, 5.41) is 6.32. The van der Waals surface area contributed by atoms with Crippen molar-refractivity contribution < 1.29 is 18.8 Å². The average molecular weight is 260 g/mol. The molecule has 1 aromatic carbocycles. The summed E-state index contributed by atoms with van der Waals surface area (Å²) >= 11 is 0. The Morgan fingerprint density at radius 3 is 2.74 bits per heavy atom. The average Bonchev–Trinajstić information content (AvgIpc) is 2.83. The van der Waals surface area contributed by atoms with Gasteiger partial charge in [0.1, 0.15) is 13.2 Å². The first-order valence-electron chi connectivity index (χ1n) is 5.87. The number of rotatable bonds is 2. The maximum absolute atomic E-state index is 12.0. The number of carbonyl (C=O) groups excluding carboxylic acids is 1. The third kappa shape index (κ3) is 2.37. The molecule has 0 atom stereocenters. The molecule has 0 unspecified atom stereocenters.